The van der Waals surface area contributed by atoms with Crippen LogP contribution in [0, 0.1) is 5.41 Å². The third-order valence-electron chi connectivity index (χ3n) is 5.14. The molecular formula is C22H41N3O6. The maximum Gasteiger partial charge on any atom is 0.410 e. The van der Waals surface area contributed by atoms with Crippen LogP contribution in [-0.2, 0) is 23.8 Å². The van der Waals surface area contributed by atoms with Crippen molar-refractivity contribution in [2.24, 2.45) is 5.41 Å². The van der Waals surface area contributed by atoms with Crippen LogP contribution in [0.15, 0.2) is 0 Å². The molecule has 1 fully saturated rings. The van der Waals surface area contributed by atoms with Gasteiger partial charge in [-0.25, -0.2) is 4.79 Å². The minimum atomic E-state index is -0.950. The van der Waals surface area contributed by atoms with E-state index in [2.05, 4.69) is 10.6 Å². The summed E-state index contributed by atoms with van der Waals surface area (Å²) in [6.45, 7) is 8.29. The number of unbranched alkanes of at least 4 members (excludes halogenated alkanes) is 2. The fourth-order valence-electron chi connectivity index (χ4n) is 3.49. The van der Waals surface area contributed by atoms with Crippen LogP contribution < -0.4 is 10.6 Å². The molecule has 9 nitrogen and oxygen atoms in total. The molecule has 1 saturated heterocycles. The zero-order valence-electron chi connectivity index (χ0n) is 19.9. The van der Waals surface area contributed by atoms with Crippen LogP contribution in [0.25, 0.3) is 0 Å². The van der Waals surface area contributed by atoms with Gasteiger partial charge in [-0.2, -0.15) is 0 Å². The van der Waals surface area contributed by atoms with E-state index in [1.807, 2.05) is 0 Å². The lowest BCUT2D eigenvalue weighted by molar-refractivity contribution is -0.136. The van der Waals surface area contributed by atoms with Gasteiger partial charge >= 0.3 is 6.09 Å². The van der Waals surface area contributed by atoms with Crippen molar-refractivity contribution in [1.82, 2.24) is 15.5 Å². The summed E-state index contributed by atoms with van der Waals surface area (Å²) in [6.07, 6.45) is 3.31. The largest absolute Gasteiger partial charge is 0.444 e. The number of carbonyl (C=O) groups is 3. The van der Waals surface area contributed by atoms with E-state index in [0.29, 0.717) is 39.3 Å². The topological polar surface area (TPSA) is 106 Å². The van der Waals surface area contributed by atoms with Crippen molar-refractivity contribution in [1.29, 1.82) is 0 Å². The highest BCUT2D eigenvalue weighted by Gasteiger charge is 2.48. The minimum absolute atomic E-state index is 0.0421. The molecule has 1 atom stereocenters. The molecule has 0 aliphatic carbocycles. The number of rotatable bonds is 13. The molecule has 0 saturated carbocycles. The highest BCUT2D eigenvalue weighted by Crippen LogP contribution is 2.35. The average Bonchev–Trinajstić information content (AvgIpc) is 3.11. The molecule has 3 amide bonds. The van der Waals surface area contributed by atoms with Crippen LogP contribution in [0.5, 0.6) is 0 Å². The van der Waals surface area contributed by atoms with E-state index in [0.717, 1.165) is 25.7 Å². The van der Waals surface area contributed by atoms with Gasteiger partial charge in [-0.15, -0.1) is 0 Å². The van der Waals surface area contributed by atoms with E-state index in [-0.39, 0.29) is 24.8 Å². The molecule has 0 spiro atoms. The van der Waals surface area contributed by atoms with Crippen LogP contribution in [0.2, 0.25) is 0 Å². The molecule has 1 heterocycles. The van der Waals surface area contributed by atoms with Crippen molar-refractivity contribution in [2.45, 2.75) is 64.9 Å². The second kappa shape index (κ2) is 13.5. The monoisotopic (exact) mass is 443 g/mol. The van der Waals surface area contributed by atoms with Gasteiger partial charge < -0.3 is 29.7 Å². The van der Waals surface area contributed by atoms with Gasteiger partial charge in [0.25, 0.3) is 0 Å². The van der Waals surface area contributed by atoms with Gasteiger partial charge in [0.05, 0.1) is 5.41 Å². The second-order valence-electron chi connectivity index (χ2n) is 9.11. The van der Waals surface area contributed by atoms with Gasteiger partial charge in [0.15, 0.2) is 0 Å². The minimum Gasteiger partial charge on any atom is -0.444 e. The number of nitrogens with zero attached hydrogens (tertiary/aromatic N) is 1. The molecule has 0 aromatic heterocycles. The maximum absolute atomic E-state index is 13.1. The van der Waals surface area contributed by atoms with Crippen molar-refractivity contribution < 1.29 is 28.6 Å². The van der Waals surface area contributed by atoms with Crippen molar-refractivity contribution in [3.63, 3.8) is 0 Å². The van der Waals surface area contributed by atoms with Crippen molar-refractivity contribution in [2.75, 3.05) is 53.6 Å². The number of likely N-dealkylation sites (tertiary alicyclic amines) is 1. The molecule has 0 bridgehead atoms. The molecule has 1 unspecified atom stereocenters. The zero-order chi connectivity index (χ0) is 23.3. The van der Waals surface area contributed by atoms with Crippen molar-refractivity contribution >= 4 is 17.9 Å². The Morgan fingerprint density at radius 2 is 1.52 bits per heavy atom. The van der Waals surface area contributed by atoms with E-state index in [1.165, 1.54) is 4.90 Å². The van der Waals surface area contributed by atoms with E-state index in [9.17, 15) is 14.4 Å². The molecular weight excluding hydrogens is 402 g/mol. The number of hydrogen-bond donors (Lipinski definition) is 2. The van der Waals surface area contributed by atoms with Crippen molar-refractivity contribution in [3.05, 3.63) is 0 Å². The first-order chi connectivity index (χ1) is 14.6. The number of amides is 3. The van der Waals surface area contributed by atoms with E-state index >= 15 is 0 Å². The van der Waals surface area contributed by atoms with Gasteiger partial charge in [0.2, 0.25) is 11.8 Å². The molecule has 1 aliphatic rings. The van der Waals surface area contributed by atoms with Crippen LogP contribution >= 0.6 is 0 Å². The van der Waals surface area contributed by atoms with Crippen LogP contribution in [0.3, 0.4) is 0 Å². The Morgan fingerprint density at radius 3 is 2.06 bits per heavy atom. The molecule has 0 radical (unpaired) electrons. The highest BCUT2D eigenvalue weighted by molar-refractivity contribution is 5.90. The van der Waals surface area contributed by atoms with Crippen LogP contribution in [0.1, 0.15) is 59.3 Å². The molecule has 1 rings (SSSR count). The molecule has 0 aromatic rings. The van der Waals surface area contributed by atoms with E-state index in [1.54, 1.807) is 35.0 Å². The summed E-state index contributed by atoms with van der Waals surface area (Å²) in [5.74, 6) is -0.372. The average molecular weight is 444 g/mol. The van der Waals surface area contributed by atoms with Gasteiger partial charge in [0, 0.05) is 60.0 Å². The first-order valence-electron chi connectivity index (χ1n) is 11.1. The number of methoxy groups -OCH3 is 2. The molecule has 9 heteroatoms. The summed E-state index contributed by atoms with van der Waals surface area (Å²) in [7, 11) is 3.29. The van der Waals surface area contributed by atoms with Crippen LogP contribution in [0.4, 0.5) is 4.79 Å². The SMILES string of the molecule is COCCCCNC(=O)CC1(C(=O)NCCCCOC)CCN(C(=O)OC(C)(C)C)C1. The Hall–Kier alpha value is -1.87. The normalized spacial score (nSPS) is 18.7. The fraction of sp³-hybridized carbons (Fsp3) is 0.864. The quantitative estimate of drug-likeness (QED) is 0.422. The van der Waals surface area contributed by atoms with Gasteiger partial charge in [-0.3, -0.25) is 9.59 Å². The molecule has 180 valence electrons. The Bertz CT molecular complexity index is 578. The highest BCUT2D eigenvalue weighted by atomic mass is 16.6. The van der Waals surface area contributed by atoms with Gasteiger partial charge in [-0.1, -0.05) is 0 Å². The van der Waals surface area contributed by atoms with Gasteiger partial charge in [0.1, 0.15) is 5.60 Å². The Morgan fingerprint density at radius 1 is 0.935 bits per heavy atom. The Labute approximate surface area is 186 Å². The van der Waals surface area contributed by atoms with Gasteiger partial charge in [-0.05, 0) is 52.9 Å². The first-order valence-corrected chi connectivity index (χ1v) is 11.1. The number of ether oxygens (including phenoxy) is 3. The summed E-state index contributed by atoms with van der Waals surface area (Å²) in [6, 6.07) is 0. The summed E-state index contributed by atoms with van der Waals surface area (Å²) < 4.78 is 15.5. The standard InChI is InChI=1S/C22H41N3O6/c1-21(2,3)31-20(28)25-13-10-22(17-25,19(27)24-12-7-9-15-30-5)16-18(26)23-11-6-8-14-29-4/h6-17H2,1-5H3,(H,23,26)(H,24,27). The molecule has 0 aromatic carbocycles. The lowest BCUT2D eigenvalue weighted by Crippen LogP contribution is -2.47. The number of hydrogen-bond acceptors (Lipinski definition) is 6. The number of nitrogens with one attached hydrogen (secondary N) is 2. The summed E-state index contributed by atoms with van der Waals surface area (Å²) in [4.78, 5) is 39.7. The number of carbonyl (C=O) groups excluding carboxylic acids is 3. The van der Waals surface area contributed by atoms with Crippen LogP contribution in [-0.4, -0.2) is 82.0 Å². The third kappa shape index (κ3) is 10.3. The van der Waals surface area contributed by atoms with E-state index < -0.39 is 17.1 Å². The summed E-state index contributed by atoms with van der Waals surface area (Å²) in [5.41, 5.74) is -1.57. The predicted octanol–water partition coefficient (Wildman–Crippen LogP) is 2.09. The Balaban J connectivity index is 2.72. The second-order valence-corrected chi connectivity index (χ2v) is 9.11. The zero-order valence-corrected chi connectivity index (χ0v) is 19.9. The molecule has 2 N–H and O–H groups in total. The third-order valence-corrected chi connectivity index (χ3v) is 5.14. The Kier molecular flexibility index (Phi) is 11.8. The van der Waals surface area contributed by atoms with E-state index in [4.69, 9.17) is 14.2 Å². The summed E-state index contributed by atoms with van der Waals surface area (Å²) >= 11 is 0. The van der Waals surface area contributed by atoms with Crippen molar-refractivity contribution in [3.8, 4) is 0 Å². The lowest BCUT2D eigenvalue weighted by atomic mass is 9.82. The lowest BCUT2D eigenvalue weighted by Gasteiger charge is -2.29. The molecule has 31 heavy (non-hydrogen) atoms. The maximum atomic E-state index is 13.1. The molecule has 1 aliphatic heterocycles. The smallest absolute Gasteiger partial charge is 0.410 e. The first kappa shape index (κ1) is 27.2. The fourth-order valence-corrected chi connectivity index (χ4v) is 3.49. The predicted molar refractivity (Wildman–Crippen MR) is 118 cm³/mol. The summed E-state index contributed by atoms with van der Waals surface area (Å²) in [5, 5.41) is 5.84.